The minimum Gasteiger partial charge on any atom is -0.394 e. The Kier molecular flexibility index (Phi) is 46.6. The van der Waals surface area contributed by atoms with E-state index in [1.807, 2.05) is 6.08 Å². The van der Waals surface area contributed by atoms with Gasteiger partial charge in [-0.05, 0) is 103 Å². The smallest absolute Gasteiger partial charge is 0.220 e. The molecular weight excluding hydrogens is 1170 g/mol. The van der Waals surface area contributed by atoms with Crippen LogP contribution in [0, 0.1) is 0 Å². The topological polar surface area (TPSA) is 307 Å². The molecule has 19 nitrogen and oxygen atoms in total. The monoisotopic (exact) mass is 1280 g/mol. The molecule has 12 N–H and O–H groups in total. The lowest BCUT2D eigenvalue weighted by Crippen LogP contribution is -2.66. The zero-order valence-electron chi connectivity index (χ0n) is 54.5. The summed E-state index contributed by atoms with van der Waals surface area (Å²) in [5, 5.41) is 120. The van der Waals surface area contributed by atoms with Crippen LogP contribution in [0.15, 0.2) is 134 Å². The van der Waals surface area contributed by atoms with Crippen molar-refractivity contribution in [1.82, 2.24) is 5.32 Å². The molecule has 0 saturated carbocycles. The van der Waals surface area contributed by atoms with Gasteiger partial charge in [0.2, 0.25) is 5.91 Å². The van der Waals surface area contributed by atoms with Gasteiger partial charge < -0.3 is 89.9 Å². The average Bonchev–Trinajstić information content (AvgIpc) is 1.05. The molecule has 3 heterocycles. The van der Waals surface area contributed by atoms with Crippen molar-refractivity contribution in [3.63, 3.8) is 0 Å². The number of aliphatic hydroxyl groups excluding tert-OH is 11. The molecule has 0 spiro atoms. The number of rotatable bonds is 49. The Morgan fingerprint density at radius 1 is 0.407 bits per heavy atom. The average molecular weight is 1280 g/mol. The maximum Gasteiger partial charge on any atom is 0.220 e. The van der Waals surface area contributed by atoms with E-state index in [-0.39, 0.29) is 18.9 Å². The van der Waals surface area contributed by atoms with Crippen LogP contribution < -0.4 is 5.32 Å². The van der Waals surface area contributed by atoms with Gasteiger partial charge in [0.05, 0.1) is 38.6 Å². The van der Waals surface area contributed by atoms with Gasteiger partial charge in [-0.3, -0.25) is 4.79 Å². The number of carbonyl (C=O) groups is 1. The summed E-state index contributed by atoms with van der Waals surface area (Å²) in [5.74, 6) is -0.304. The second kappa shape index (κ2) is 52.2. The third-order valence-electron chi connectivity index (χ3n) is 15.9. The fraction of sp³-hybridized carbons (Fsp3) is 0.681. The van der Waals surface area contributed by atoms with Crippen LogP contribution in [0.2, 0.25) is 0 Å². The highest BCUT2D eigenvalue weighted by atomic mass is 16.8. The van der Waals surface area contributed by atoms with E-state index >= 15 is 0 Å². The molecule has 91 heavy (non-hydrogen) atoms. The van der Waals surface area contributed by atoms with Crippen LogP contribution in [0.25, 0.3) is 0 Å². The summed E-state index contributed by atoms with van der Waals surface area (Å²) >= 11 is 0. The number of hydrogen-bond acceptors (Lipinski definition) is 18. The lowest BCUT2D eigenvalue weighted by molar-refractivity contribution is -0.379. The minimum absolute atomic E-state index is 0.217. The van der Waals surface area contributed by atoms with Crippen molar-refractivity contribution in [2.24, 2.45) is 0 Å². The molecule has 3 saturated heterocycles. The van der Waals surface area contributed by atoms with Crippen molar-refractivity contribution in [2.75, 3.05) is 26.4 Å². The molecule has 0 bridgehead atoms. The fourth-order valence-electron chi connectivity index (χ4n) is 10.4. The highest BCUT2D eigenvalue weighted by Gasteiger charge is 2.53. The predicted molar refractivity (Wildman–Crippen MR) is 355 cm³/mol. The molecule has 3 fully saturated rings. The highest BCUT2D eigenvalue weighted by molar-refractivity contribution is 5.76. The van der Waals surface area contributed by atoms with Crippen molar-refractivity contribution in [1.29, 1.82) is 0 Å². The van der Waals surface area contributed by atoms with Gasteiger partial charge in [0, 0.05) is 6.42 Å². The molecule has 3 rings (SSSR count). The Balaban J connectivity index is 1.36. The molecule has 0 aromatic heterocycles. The standard InChI is InChI=1S/C72H117NO18/c1-3-5-7-9-11-13-15-16-17-18-19-20-21-22-23-24-25-26-27-28-29-30-31-32-33-34-35-36-37-38-40-42-44-46-48-50-60(78)73-55(56(77)49-47-45-43-41-39-14-12-10-8-6-4-2)54-86-70-66(84)63(81)68(58(52-75)88-70)91-72-67(85)64(82)69(59(53-76)89-72)90-71-65(83)62(80)61(79)57(51-74)87-71/h5,7-8,10-11,13,16-17,19-20,22-23,25-26,28-29,31-32,39,41,47,49,55-59,61-72,74-77,79-85H,3-4,6,9,12,14-15,18,21,24,27,30,33-38,40,42-46,48,50-54H2,1-2H3,(H,73,78)/b7-5-,10-8+,13-11-,17-16-,20-19-,23-22-,26-25-,29-28-,32-31-,41-39+,49-47+. The second-order valence-corrected chi connectivity index (χ2v) is 23.5. The van der Waals surface area contributed by atoms with Crippen molar-refractivity contribution >= 4 is 5.91 Å². The van der Waals surface area contributed by atoms with E-state index in [1.54, 1.807) is 6.08 Å². The first-order valence-electron chi connectivity index (χ1n) is 33.9. The van der Waals surface area contributed by atoms with Crippen molar-refractivity contribution in [3.05, 3.63) is 134 Å². The molecule has 3 aliphatic rings. The Morgan fingerprint density at radius 2 is 0.769 bits per heavy atom. The van der Waals surface area contributed by atoms with E-state index in [1.165, 1.54) is 32.1 Å². The zero-order valence-corrected chi connectivity index (χ0v) is 54.5. The molecule has 3 aliphatic heterocycles. The van der Waals surface area contributed by atoms with Crippen molar-refractivity contribution in [2.45, 2.75) is 285 Å². The van der Waals surface area contributed by atoms with Gasteiger partial charge >= 0.3 is 0 Å². The van der Waals surface area contributed by atoms with E-state index in [0.717, 1.165) is 116 Å². The number of ether oxygens (including phenoxy) is 6. The number of allylic oxidation sites excluding steroid dienone is 21. The number of nitrogens with one attached hydrogen (secondary N) is 1. The maximum absolute atomic E-state index is 13.4. The van der Waals surface area contributed by atoms with Gasteiger partial charge in [-0.2, -0.15) is 0 Å². The third-order valence-corrected chi connectivity index (χ3v) is 15.9. The summed E-state index contributed by atoms with van der Waals surface area (Å²) < 4.78 is 34.2. The van der Waals surface area contributed by atoms with Crippen LogP contribution >= 0.6 is 0 Å². The van der Waals surface area contributed by atoms with E-state index in [4.69, 9.17) is 28.4 Å². The Bertz CT molecular complexity index is 2170. The van der Waals surface area contributed by atoms with Gasteiger partial charge in [-0.25, -0.2) is 0 Å². The molecule has 17 unspecified atom stereocenters. The van der Waals surface area contributed by atoms with E-state index < -0.39 is 124 Å². The number of carbonyl (C=O) groups excluding carboxylic acids is 1. The summed E-state index contributed by atoms with van der Waals surface area (Å²) in [6.07, 6.45) is 46.0. The molecule has 0 radical (unpaired) electrons. The van der Waals surface area contributed by atoms with Crippen LogP contribution in [0.1, 0.15) is 181 Å². The third kappa shape index (κ3) is 34.3. The number of aliphatic hydroxyl groups is 11. The van der Waals surface area contributed by atoms with Gasteiger partial charge in [0.15, 0.2) is 18.9 Å². The van der Waals surface area contributed by atoms with Crippen LogP contribution in [-0.4, -0.2) is 193 Å². The van der Waals surface area contributed by atoms with Gasteiger partial charge in [0.25, 0.3) is 0 Å². The second-order valence-electron chi connectivity index (χ2n) is 23.5. The first kappa shape index (κ1) is 81.2. The van der Waals surface area contributed by atoms with Crippen LogP contribution in [0.4, 0.5) is 0 Å². The molecule has 0 aromatic carbocycles. The van der Waals surface area contributed by atoms with Crippen LogP contribution in [-0.2, 0) is 33.2 Å². The molecule has 1 amide bonds. The van der Waals surface area contributed by atoms with Gasteiger partial charge in [-0.1, -0.05) is 205 Å². The summed E-state index contributed by atoms with van der Waals surface area (Å²) in [7, 11) is 0. The van der Waals surface area contributed by atoms with Crippen molar-refractivity contribution < 1.29 is 89.4 Å². The lowest BCUT2D eigenvalue weighted by Gasteiger charge is -2.48. The lowest BCUT2D eigenvalue weighted by atomic mass is 9.96. The van der Waals surface area contributed by atoms with Gasteiger partial charge in [0.1, 0.15) is 73.2 Å². The Hall–Kier alpha value is -4.07. The predicted octanol–water partition coefficient (Wildman–Crippen LogP) is 8.60. The quantitative estimate of drug-likeness (QED) is 0.0200. The minimum atomic E-state index is -1.99. The summed E-state index contributed by atoms with van der Waals surface area (Å²) in [5.41, 5.74) is 0. The largest absolute Gasteiger partial charge is 0.394 e. The molecule has 518 valence electrons. The van der Waals surface area contributed by atoms with E-state index in [2.05, 4.69) is 141 Å². The molecule has 0 aromatic rings. The Morgan fingerprint density at radius 3 is 1.22 bits per heavy atom. The van der Waals surface area contributed by atoms with Crippen molar-refractivity contribution in [3.8, 4) is 0 Å². The Labute approximate surface area is 543 Å². The van der Waals surface area contributed by atoms with E-state index in [0.29, 0.717) is 12.8 Å². The number of hydrogen-bond donors (Lipinski definition) is 12. The normalized spacial score (nSPS) is 28.7. The zero-order chi connectivity index (χ0) is 66.1. The molecule has 19 heteroatoms. The van der Waals surface area contributed by atoms with Gasteiger partial charge in [-0.15, -0.1) is 0 Å². The van der Waals surface area contributed by atoms with E-state index in [9.17, 15) is 61.0 Å². The SMILES string of the molecule is CC/C=C\C/C=C\C/C=C\C/C=C\C/C=C\C/C=C\C/C=C\C/C=C\CCCCCCCCCCCCC(=O)NC(COC1OC(CO)C(OC2OC(CO)C(OC3OC(CO)C(O)C(O)C3O)C(O)C2O)C(O)C1O)C(O)/C=C/CC/C=C/CC/C=C/CCC. The first-order valence-corrected chi connectivity index (χ1v) is 33.9. The molecule has 0 aliphatic carbocycles. The summed E-state index contributed by atoms with van der Waals surface area (Å²) in [6, 6.07) is -1.01. The summed E-state index contributed by atoms with van der Waals surface area (Å²) in [4.78, 5) is 13.4. The highest BCUT2D eigenvalue weighted by Crippen LogP contribution is 2.33. The number of unbranched alkanes of at least 4 members (excludes halogenated alkanes) is 13. The van der Waals surface area contributed by atoms with Crippen LogP contribution in [0.3, 0.4) is 0 Å². The molecular formula is C72H117NO18. The molecule has 17 atom stereocenters. The maximum atomic E-state index is 13.4. The number of amides is 1. The summed E-state index contributed by atoms with van der Waals surface area (Å²) in [6.45, 7) is 1.47. The fourth-order valence-corrected chi connectivity index (χ4v) is 10.4. The first-order chi connectivity index (χ1) is 44.3. The van der Waals surface area contributed by atoms with Crippen LogP contribution in [0.5, 0.6) is 0 Å².